The molecule has 3 aliphatic rings. The highest BCUT2D eigenvalue weighted by Gasteiger charge is 2.56. The Hall–Kier alpha value is -2.37. The molecule has 0 bridgehead atoms. The van der Waals surface area contributed by atoms with Crippen LogP contribution in [-0.4, -0.2) is 52.7 Å². The number of amides is 3. The number of hydrogen-bond donors (Lipinski definition) is 1. The van der Waals surface area contributed by atoms with E-state index in [2.05, 4.69) is 13.8 Å². The van der Waals surface area contributed by atoms with Crippen molar-refractivity contribution in [1.29, 1.82) is 0 Å². The third-order valence-electron chi connectivity index (χ3n) is 7.30. The number of carbonyl (C=O) groups excluding carboxylic acids is 3. The summed E-state index contributed by atoms with van der Waals surface area (Å²) in [5, 5.41) is 0. The van der Waals surface area contributed by atoms with Crippen molar-refractivity contribution in [2.45, 2.75) is 63.8 Å². The molecule has 0 radical (unpaired) electrons. The van der Waals surface area contributed by atoms with Crippen LogP contribution in [0.2, 0.25) is 0 Å². The maximum atomic E-state index is 14.0. The molecule has 162 valence electrons. The predicted molar refractivity (Wildman–Crippen MR) is 115 cm³/mol. The van der Waals surface area contributed by atoms with Gasteiger partial charge in [0.2, 0.25) is 11.8 Å². The van der Waals surface area contributed by atoms with Gasteiger partial charge in [0.15, 0.2) is 0 Å². The van der Waals surface area contributed by atoms with Crippen molar-refractivity contribution in [3.8, 4) is 0 Å². The number of nitrogens with two attached hydrogens (primary N) is 1. The minimum Gasteiger partial charge on any atom is -0.369 e. The minimum absolute atomic E-state index is 0.0673. The van der Waals surface area contributed by atoms with E-state index in [1.165, 1.54) is 0 Å². The molecule has 1 spiro atoms. The second-order valence-corrected chi connectivity index (χ2v) is 9.64. The Kier molecular flexibility index (Phi) is 5.60. The fourth-order valence-corrected chi connectivity index (χ4v) is 5.84. The molecule has 4 rings (SSSR count). The van der Waals surface area contributed by atoms with Crippen LogP contribution in [-0.2, 0) is 9.59 Å². The Bertz CT molecular complexity index is 836. The molecule has 1 atom stereocenters. The van der Waals surface area contributed by atoms with Crippen LogP contribution in [0.3, 0.4) is 0 Å². The predicted octanol–water partition coefficient (Wildman–Crippen LogP) is 2.92. The van der Waals surface area contributed by atoms with Crippen molar-refractivity contribution in [2.75, 3.05) is 19.6 Å². The Morgan fingerprint density at radius 1 is 1.13 bits per heavy atom. The molecule has 6 nitrogen and oxygen atoms in total. The molecule has 1 saturated heterocycles. The monoisotopic (exact) mass is 411 g/mol. The van der Waals surface area contributed by atoms with Crippen LogP contribution in [0.1, 0.15) is 74.2 Å². The zero-order valence-corrected chi connectivity index (χ0v) is 18.1. The van der Waals surface area contributed by atoms with Gasteiger partial charge in [0.05, 0.1) is 11.5 Å². The van der Waals surface area contributed by atoms with Crippen LogP contribution in [0.25, 0.3) is 0 Å². The summed E-state index contributed by atoms with van der Waals surface area (Å²) in [7, 11) is 0. The summed E-state index contributed by atoms with van der Waals surface area (Å²) < 4.78 is 0. The number of primary amides is 1. The highest BCUT2D eigenvalue weighted by molar-refractivity contribution is 6.02. The van der Waals surface area contributed by atoms with Crippen LogP contribution in [0.15, 0.2) is 24.3 Å². The van der Waals surface area contributed by atoms with Gasteiger partial charge in [0.25, 0.3) is 5.91 Å². The number of piperidine rings is 1. The van der Waals surface area contributed by atoms with Gasteiger partial charge >= 0.3 is 0 Å². The number of benzene rings is 1. The van der Waals surface area contributed by atoms with E-state index in [4.69, 9.17) is 5.73 Å². The molecular weight excluding hydrogens is 378 g/mol. The van der Waals surface area contributed by atoms with E-state index in [0.717, 1.165) is 31.2 Å². The fraction of sp³-hybridized carbons (Fsp3) is 0.625. The fourth-order valence-electron chi connectivity index (χ4n) is 5.84. The summed E-state index contributed by atoms with van der Waals surface area (Å²) in [6, 6.07) is 7.66. The van der Waals surface area contributed by atoms with Crippen LogP contribution in [0.5, 0.6) is 0 Å². The first-order valence-electron chi connectivity index (χ1n) is 11.3. The van der Waals surface area contributed by atoms with Gasteiger partial charge < -0.3 is 15.5 Å². The molecule has 6 heteroatoms. The number of likely N-dealkylation sites (tertiary alicyclic amines) is 1. The second-order valence-electron chi connectivity index (χ2n) is 9.64. The summed E-state index contributed by atoms with van der Waals surface area (Å²) in [6.45, 7) is 6.03. The molecule has 2 heterocycles. The average molecular weight is 412 g/mol. The van der Waals surface area contributed by atoms with Gasteiger partial charge in [-0.05, 0) is 43.2 Å². The van der Waals surface area contributed by atoms with E-state index >= 15 is 0 Å². The van der Waals surface area contributed by atoms with Crippen LogP contribution in [0, 0.1) is 11.8 Å². The molecule has 1 aliphatic carbocycles. The van der Waals surface area contributed by atoms with Gasteiger partial charge in [-0.1, -0.05) is 44.9 Å². The second kappa shape index (κ2) is 8.05. The SMILES string of the molecule is CC(C)CN1C(=O)c2ccccc2[C@@H](C(=O)N2CCC(C(N)=O)CC2)C12CCCC2. The van der Waals surface area contributed by atoms with Gasteiger partial charge in [-0.3, -0.25) is 14.4 Å². The normalized spacial score (nSPS) is 23.8. The molecule has 2 fully saturated rings. The molecule has 1 saturated carbocycles. The molecule has 1 aromatic rings. The zero-order valence-electron chi connectivity index (χ0n) is 18.1. The molecule has 1 aromatic carbocycles. The van der Waals surface area contributed by atoms with E-state index in [0.29, 0.717) is 44.0 Å². The van der Waals surface area contributed by atoms with Crippen molar-refractivity contribution in [2.24, 2.45) is 17.6 Å². The van der Waals surface area contributed by atoms with Gasteiger partial charge in [-0.25, -0.2) is 0 Å². The maximum absolute atomic E-state index is 14.0. The van der Waals surface area contributed by atoms with Gasteiger partial charge in [-0.2, -0.15) is 0 Å². The summed E-state index contributed by atoms with van der Waals surface area (Å²) in [5.41, 5.74) is 6.59. The van der Waals surface area contributed by atoms with Crippen molar-refractivity contribution < 1.29 is 14.4 Å². The number of hydrogen-bond acceptors (Lipinski definition) is 3. The van der Waals surface area contributed by atoms with E-state index in [1.807, 2.05) is 34.1 Å². The Morgan fingerprint density at radius 3 is 2.37 bits per heavy atom. The average Bonchev–Trinajstić information content (AvgIpc) is 3.21. The standard InChI is InChI=1S/C24H33N3O3/c1-16(2)15-27-22(29)19-8-4-3-7-18(19)20(24(27)11-5-6-12-24)23(30)26-13-9-17(10-14-26)21(25)28/h3-4,7-8,16-17,20H,5-6,9-15H2,1-2H3,(H2,25,28)/t20-/m0/s1. The summed E-state index contributed by atoms with van der Waals surface area (Å²) in [5.74, 6) is -0.249. The highest BCUT2D eigenvalue weighted by Crippen LogP contribution is 2.51. The Morgan fingerprint density at radius 2 is 1.77 bits per heavy atom. The van der Waals surface area contributed by atoms with Crippen molar-refractivity contribution in [3.05, 3.63) is 35.4 Å². The molecule has 30 heavy (non-hydrogen) atoms. The molecule has 2 N–H and O–H groups in total. The topological polar surface area (TPSA) is 83.7 Å². The Labute approximate surface area is 178 Å². The van der Waals surface area contributed by atoms with Crippen LogP contribution in [0.4, 0.5) is 0 Å². The molecule has 2 aliphatic heterocycles. The summed E-state index contributed by atoms with van der Waals surface area (Å²) in [6.07, 6.45) is 5.06. The van der Waals surface area contributed by atoms with Crippen molar-refractivity contribution in [1.82, 2.24) is 9.80 Å². The first-order chi connectivity index (χ1) is 14.3. The Balaban J connectivity index is 1.74. The third kappa shape index (κ3) is 3.40. The zero-order chi connectivity index (χ0) is 21.5. The van der Waals surface area contributed by atoms with E-state index < -0.39 is 5.54 Å². The molecular formula is C24H33N3O3. The number of fused-ring (bicyclic) bond motifs is 1. The van der Waals surface area contributed by atoms with Gasteiger partial charge in [-0.15, -0.1) is 0 Å². The highest BCUT2D eigenvalue weighted by atomic mass is 16.2. The molecule has 3 amide bonds. The summed E-state index contributed by atoms with van der Waals surface area (Å²) in [4.78, 5) is 43.0. The lowest BCUT2D eigenvalue weighted by atomic mass is 9.70. The van der Waals surface area contributed by atoms with E-state index in [9.17, 15) is 14.4 Å². The smallest absolute Gasteiger partial charge is 0.254 e. The first kappa shape index (κ1) is 20.9. The van der Waals surface area contributed by atoms with Gasteiger partial charge in [0, 0.05) is 31.1 Å². The van der Waals surface area contributed by atoms with Crippen LogP contribution >= 0.6 is 0 Å². The minimum atomic E-state index is -0.437. The van der Waals surface area contributed by atoms with E-state index in [1.54, 1.807) is 0 Å². The third-order valence-corrected chi connectivity index (χ3v) is 7.30. The lowest BCUT2D eigenvalue weighted by molar-refractivity contribution is -0.140. The summed E-state index contributed by atoms with van der Waals surface area (Å²) >= 11 is 0. The van der Waals surface area contributed by atoms with Gasteiger partial charge in [0.1, 0.15) is 0 Å². The van der Waals surface area contributed by atoms with Crippen molar-refractivity contribution in [3.63, 3.8) is 0 Å². The lowest BCUT2D eigenvalue weighted by Crippen LogP contribution is -2.62. The van der Waals surface area contributed by atoms with Crippen LogP contribution < -0.4 is 5.73 Å². The number of carbonyl (C=O) groups is 3. The molecule has 0 unspecified atom stereocenters. The lowest BCUT2D eigenvalue weighted by Gasteiger charge is -2.52. The largest absolute Gasteiger partial charge is 0.369 e. The molecule has 0 aromatic heterocycles. The van der Waals surface area contributed by atoms with Crippen molar-refractivity contribution >= 4 is 17.7 Å². The maximum Gasteiger partial charge on any atom is 0.254 e. The van der Waals surface area contributed by atoms with E-state index in [-0.39, 0.29) is 29.6 Å². The number of nitrogens with zero attached hydrogens (tertiary/aromatic N) is 2. The quantitative estimate of drug-likeness (QED) is 0.827. The first-order valence-corrected chi connectivity index (χ1v) is 11.3. The number of rotatable bonds is 4.